The molecule has 0 amide bonds. The van der Waals surface area contributed by atoms with Crippen molar-refractivity contribution >= 4 is 17.6 Å². The molecule has 2 aromatic rings. The SMILES string of the molecule is CCNc1nc(C)nc(Oc2ccc(SC)cc2)c1C. The van der Waals surface area contributed by atoms with Gasteiger partial charge in [-0.05, 0) is 51.3 Å². The van der Waals surface area contributed by atoms with Crippen molar-refractivity contribution in [3.8, 4) is 11.6 Å². The molecular weight excluding hydrogens is 270 g/mol. The van der Waals surface area contributed by atoms with Crippen molar-refractivity contribution in [1.29, 1.82) is 0 Å². The van der Waals surface area contributed by atoms with Crippen LogP contribution in [0.5, 0.6) is 11.6 Å². The highest BCUT2D eigenvalue weighted by molar-refractivity contribution is 7.98. The highest BCUT2D eigenvalue weighted by Crippen LogP contribution is 2.28. The molecule has 0 aliphatic carbocycles. The molecule has 0 atom stereocenters. The van der Waals surface area contributed by atoms with Crippen molar-refractivity contribution in [2.45, 2.75) is 25.7 Å². The fraction of sp³-hybridized carbons (Fsp3) is 0.333. The Kier molecular flexibility index (Phi) is 4.84. The topological polar surface area (TPSA) is 47.0 Å². The number of nitrogens with one attached hydrogen (secondary N) is 1. The molecule has 0 bridgehead atoms. The van der Waals surface area contributed by atoms with Crippen molar-refractivity contribution in [2.75, 3.05) is 18.1 Å². The lowest BCUT2D eigenvalue weighted by atomic mass is 10.3. The van der Waals surface area contributed by atoms with Gasteiger partial charge in [0.15, 0.2) is 0 Å². The molecule has 2 rings (SSSR count). The Morgan fingerprint density at radius 2 is 1.85 bits per heavy atom. The summed E-state index contributed by atoms with van der Waals surface area (Å²) in [6.45, 7) is 6.69. The van der Waals surface area contributed by atoms with Crippen LogP contribution in [-0.4, -0.2) is 22.8 Å². The summed E-state index contributed by atoms with van der Waals surface area (Å²) in [6, 6.07) is 7.98. The number of hydrogen-bond donors (Lipinski definition) is 1. The normalized spacial score (nSPS) is 10.4. The molecule has 0 unspecified atom stereocenters. The summed E-state index contributed by atoms with van der Waals surface area (Å²) in [7, 11) is 0. The number of aryl methyl sites for hydroxylation is 1. The summed E-state index contributed by atoms with van der Waals surface area (Å²) >= 11 is 1.71. The number of hydrogen-bond acceptors (Lipinski definition) is 5. The third-order valence-electron chi connectivity index (χ3n) is 2.83. The van der Waals surface area contributed by atoms with Gasteiger partial charge in [0.05, 0.1) is 5.56 Å². The molecule has 5 heteroatoms. The molecule has 0 aliphatic rings. The zero-order valence-electron chi connectivity index (χ0n) is 12.2. The maximum absolute atomic E-state index is 5.88. The predicted octanol–water partition coefficient (Wildman–Crippen LogP) is 4.04. The number of thioether (sulfide) groups is 1. The van der Waals surface area contributed by atoms with Crippen LogP contribution < -0.4 is 10.1 Å². The van der Waals surface area contributed by atoms with E-state index >= 15 is 0 Å². The molecule has 0 radical (unpaired) electrons. The monoisotopic (exact) mass is 289 g/mol. The molecule has 20 heavy (non-hydrogen) atoms. The first-order valence-electron chi connectivity index (χ1n) is 6.55. The fourth-order valence-corrected chi connectivity index (χ4v) is 2.21. The van der Waals surface area contributed by atoms with Crippen molar-refractivity contribution < 1.29 is 4.74 Å². The standard InChI is InChI=1S/C15H19N3OS/c1-5-16-14-10(2)15(18-11(3)17-14)19-12-6-8-13(20-4)9-7-12/h6-9H,5H2,1-4H3,(H,16,17,18). The minimum absolute atomic E-state index is 0.602. The third-order valence-corrected chi connectivity index (χ3v) is 3.57. The number of aromatic nitrogens is 2. The van der Waals surface area contributed by atoms with E-state index in [9.17, 15) is 0 Å². The van der Waals surface area contributed by atoms with Gasteiger partial charge in [0.25, 0.3) is 0 Å². The molecule has 0 aliphatic heterocycles. The zero-order chi connectivity index (χ0) is 14.5. The van der Waals surface area contributed by atoms with Gasteiger partial charge in [-0.15, -0.1) is 11.8 Å². The van der Waals surface area contributed by atoms with Crippen LogP contribution in [0.4, 0.5) is 5.82 Å². The Bertz CT molecular complexity index is 584. The molecule has 1 N–H and O–H groups in total. The lowest BCUT2D eigenvalue weighted by Gasteiger charge is -2.12. The van der Waals surface area contributed by atoms with Crippen LogP contribution in [-0.2, 0) is 0 Å². The summed E-state index contributed by atoms with van der Waals surface area (Å²) in [5.74, 6) is 2.91. The summed E-state index contributed by atoms with van der Waals surface area (Å²) in [5.41, 5.74) is 0.923. The maximum Gasteiger partial charge on any atom is 0.227 e. The van der Waals surface area contributed by atoms with Gasteiger partial charge in [-0.2, -0.15) is 4.98 Å². The van der Waals surface area contributed by atoms with Crippen molar-refractivity contribution in [1.82, 2.24) is 9.97 Å². The Balaban J connectivity index is 2.27. The molecule has 106 valence electrons. The van der Waals surface area contributed by atoms with Crippen LogP contribution in [0.25, 0.3) is 0 Å². The van der Waals surface area contributed by atoms with Crippen LogP contribution in [0.3, 0.4) is 0 Å². The number of ether oxygens (including phenoxy) is 1. The van der Waals surface area contributed by atoms with E-state index in [0.717, 1.165) is 23.7 Å². The van der Waals surface area contributed by atoms with E-state index in [4.69, 9.17) is 4.74 Å². The summed E-state index contributed by atoms with van der Waals surface area (Å²) in [5, 5.41) is 3.23. The molecule has 4 nitrogen and oxygen atoms in total. The molecule has 1 heterocycles. The van der Waals surface area contributed by atoms with Gasteiger partial charge in [0.1, 0.15) is 17.4 Å². The molecule has 0 fully saturated rings. The molecular formula is C15H19N3OS. The minimum Gasteiger partial charge on any atom is -0.439 e. The molecule has 1 aromatic heterocycles. The number of anilines is 1. The van der Waals surface area contributed by atoms with E-state index < -0.39 is 0 Å². The van der Waals surface area contributed by atoms with Gasteiger partial charge in [0.2, 0.25) is 5.88 Å². The molecule has 1 aromatic carbocycles. The maximum atomic E-state index is 5.88. The summed E-state index contributed by atoms with van der Waals surface area (Å²) in [4.78, 5) is 9.97. The quantitative estimate of drug-likeness (QED) is 0.842. The fourth-order valence-electron chi connectivity index (χ4n) is 1.80. The summed E-state index contributed by atoms with van der Waals surface area (Å²) in [6.07, 6.45) is 2.05. The second-order valence-electron chi connectivity index (χ2n) is 4.36. The van der Waals surface area contributed by atoms with Crippen molar-refractivity contribution in [3.63, 3.8) is 0 Å². The van der Waals surface area contributed by atoms with Crippen LogP contribution >= 0.6 is 11.8 Å². The first kappa shape index (κ1) is 14.7. The Labute approximate surface area is 124 Å². The van der Waals surface area contributed by atoms with Crippen LogP contribution in [0, 0.1) is 13.8 Å². The Hall–Kier alpha value is -1.75. The molecule has 0 saturated heterocycles. The average molecular weight is 289 g/mol. The third kappa shape index (κ3) is 3.42. The molecule has 0 saturated carbocycles. The average Bonchev–Trinajstić information content (AvgIpc) is 2.45. The van der Waals surface area contributed by atoms with Gasteiger partial charge in [-0.25, -0.2) is 4.98 Å². The summed E-state index contributed by atoms with van der Waals surface area (Å²) < 4.78 is 5.88. The smallest absolute Gasteiger partial charge is 0.227 e. The van der Waals surface area contributed by atoms with E-state index in [0.29, 0.717) is 11.7 Å². The van der Waals surface area contributed by atoms with Gasteiger partial charge in [-0.1, -0.05) is 0 Å². The van der Waals surface area contributed by atoms with Gasteiger partial charge < -0.3 is 10.1 Å². The van der Waals surface area contributed by atoms with Gasteiger partial charge >= 0.3 is 0 Å². The van der Waals surface area contributed by atoms with Crippen molar-refractivity contribution in [3.05, 3.63) is 35.7 Å². The number of benzene rings is 1. The van der Waals surface area contributed by atoms with E-state index in [1.54, 1.807) is 11.8 Å². The van der Waals surface area contributed by atoms with Gasteiger partial charge in [-0.3, -0.25) is 0 Å². The first-order chi connectivity index (χ1) is 9.63. The van der Waals surface area contributed by atoms with E-state index in [2.05, 4.69) is 21.5 Å². The van der Waals surface area contributed by atoms with Crippen LogP contribution in [0.15, 0.2) is 29.2 Å². The largest absolute Gasteiger partial charge is 0.439 e. The Morgan fingerprint density at radius 3 is 2.45 bits per heavy atom. The first-order valence-corrected chi connectivity index (χ1v) is 7.77. The predicted molar refractivity (Wildman–Crippen MR) is 84.0 cm³/mol. The second-order valence-corrected chi connectivity index (χ2v) is 5.24. The second kappa shape index (κ2) is 6.61. The minimum atomic E-state index is 0.602. The lowest BCUT2D eigenvalue weighted by molar-refractivity contribution is 0.455. The van der Waals surface area contributed by atoms with E-state index in [1.165, 1.54) is 4.90 Å². The number of nitrogens with zero attached hydrogens (tertiary/aromatic N) is 2. The molecule has 0 spiro atoms. The van der Waals surface area contributed by atoms with Crippen LogP contribution in [0.2, 0.25) is 0 Å². The van der Waals surface area contributed by atoms with Crippen molar-refractivity contribution in [2.24, 2.45) is 0 Å². The van der Waals surface area contributed by atoms with Gasteiger partial charge in [0, 0.05) is 11.4 Å². The highest BCUT2D eigenvalue weighted by Gasteiger charge is 2.10. The van der Waals surface area contributed by atoms with E-state index in [-0.39, 0.29) is 0 Å². The number of rotatable bonds is 5. The Morgan fingerprint density at radius 1 is 1.15 bits per heavy atom. The van der Waals surface area contributed by atoms with Crippen LogP contribution in [0.1, 0.15) is 18.3 Å². The van der Waals surface area contributed by atoms with E-state index in [1.807, 2.05) is 45.0 Å². The zero-order valence-corrected chi connectivity index (χ0v) is 13.0. The highest BCUT2D eigenvalue weighted by atomic mass is 32.2. The lowest BCUT2D eigenvalue weighted by Crippen LogP contribution is -2.06.